The Kier molecular flexibility index (Phi) is 5.24. The van der Waals surface area contributed by atoms with E-state index in [1.807, 2.05) is 0 Å². The molecule has 1 aromatic rings. The molecule has 5 nitrogen and oxygen atoms in total. The Morgan fingerprint density at radius 3 is 2.71 bits per heavy atom. The second kappa shape index (κ2) is 6.77. The van der Waals surface area contributed by atoms with Gasteiger partial charge in [-0.2, -0.15) is 0 Å². The van der Waals surface area contributed by atoms with Gasteiger partial charge >= 0.3 is 0 Å². The molecule has 0 amide bonds. The second-order valence-electron chi connectivity index (χ2n) is 5.66. The molecule has 1 aromatic carbocycles. The average Bonchev–Trinajstić information content (AvgIpc) is 2.89. The highest BCUT2D eigenvalue weighted by atomic mass is 32.2. The minimum Gasteiger partial charge on any atom is -0.495 e. The van der Waals surface area contributed by atoms with Gasteiger partial charge in [0.25, 0.3) is 0 Å². The van der Waals surface area contributed by atoms with Gasteiger partial charge in [-0.1, -0.05) is 25.8 Å². The number of hydrogen-bond acceptors (Lipinski definition) is 4. The van der Waals surface area contributed by atoms with Crippen molar-refractivity contribution in [1.29, 1.82) is 0 Å². The van der Waals surface area contributed by atoms with Crippen molar-refractivity contribution >= 4 is 10.0 Å². The van der Waals surface area contributed by atoms with Crippen LogP contribution in [0.5, 0.6) is 5.75 Å². The summed E-state index contributed by atoms with van der Waals surface area (Å²) in [7, 11) is -2.17. The predicted molar refractivity (Wildman–Crippen MR) is 80.6 cm³/mol. The molecule has 0 radical (unpaired) electrons. The fourth-order valence-electron chi connectivity index (χ4n) is 2.85. The molecule has 0 spiro atoms. The quantitative estimate of drug-likeness (QED) is 0.841. The molecule has 2 atom stereocenters. The summed E-state index contributed by atoms with van der Waals surface area (Å²) < 4.78 is 32.7. The van der Waals surface area contributed by atoms with Crippen LogP contribution in [0.1, 0.15) is 31.7 Å². The zero-order valence-corrected chi connectivity index (χ0v) is 13.3. The van der Waals surface area contributed by atoms with Crippen LogP contribution in [0.15, 0.2) is 23.1 Å². The van der Waals surface area contributed by atoms with E-state index in [0.29, 0.717) is 23.9 Å². The van der Waals surface area contributed by atoms with E-state index in [2.05, 4.69) is 11.6 Å². The maximum Gasteiger partial charge on any atom is 0.244 e. The zero-order chi connectivity index (χ0) is 15.5. The molecule has 2 unspecified atom stereocenters. The Bertz CT molecular complexity index is 585. The molecule has 0 heterocycles. The molecule has 1 fully saturated rings. The first-order chi connectivity index (χ1) is 9.97. The number of rotatable bonds is 6. The van der Waals surface area contributed by atoms with Crippen LogP contribution in [0, 0.1) is 11.8 Å². The Labute approximate surface area is 126 Å². The van der Waals surface area contributed by atoms with Crippen molar-refractivity contribution in [1.82, 2.24) is 4.72 Å². The number of sulfonamides is 1. The van der Waals surface area contributed by atoms with E-state index in [-0.39, 0.29) is 17.3 Å². The summed E-state index contributed by atoms with van der Waals surface area (Å²) in [5.41, 5.74) is 0.621. The van der Waals surface area contributed by atoms with Crippen LogP contribution in [0.4, 0.5) is 0 Å². The number of aliphatic hydroxyl groups excluding tert-OH is 1. The lowest BCUT2D eigenvalue weighted by atomic mass is 9.99. The standard InChI is InChI=1S/C15H23NO4S/c1-11-4-3-5-13(11)9-16-21(18,19)15-7-6-12(10-17)8-14(15)20-2/h6-8,11,13,16-17H,3-5,9-10H2,1-2H3. The van der Waals surface area contributed by atoms with Crippen LogP contribution >= 0.6 is 0 Å². The van der Waals surface area contributed by atoms with E-state index in [1.165, 1.54) is 26.0 Å². The van der Waals surface area contributed by atoms with Gasteiger partial charge in [-0.25, -0.2) is 13.1 Å². The summed E-state index contributed by atoms with van der Waals surface area (Å²) in [5.74, 6) is 1.22. The van der Waals surface area contributed by atoms with Gasteiger partial charge in [0.05, 0.1) is 13.7 Å². The molecular formula is C15H23NO4S. The molecule has 1 aliphatic carbocycles. The van der Waals surface area contributed by atoms with Crippen LogP contribution in [0.2, 0.25) is 0 Å². The highest BCUT2D eigenvalue weighted by Crippen LogP contribution is 2.31. The first-order valence-electron chi connectivity index (χ1n) is 7.25. The van der Waals surface area contributed by atoms with E-state index in [1.54, 1.807) is 12.1 Å². The topological polar surface area (TPSA) is 75.6 Å². The molecule has 2 rings (SSSR count). The van der Waals surface area contributed by atoms with Crippen LogP contribution < -0.4 is 9.46 Å². The maximum absolute atomic E-state index is 12.4. The molecule has 2 N–H and O–H groups in total. The molecule has 0 aliphatic heterocycles. The molecular weight excluding hydrogens is 290 g/mol. The number of benzene rings is 1. The smallest absolute Gasteiger partial charge is 0.244 e. The third kappa shape index (κ3) is 3.75. The van der Waals surface area contributed by atoms with Gasteiger partial charge in [-0.15, -0.1) is 0 Å². The lowest BCUT2D eigenvalue weighted by Crippen LogP contribution is -2.30. The Hall–Kier alpha value is -1.11. The Morgan fingerprint density at radius 1 is 1.38 bits per heavy atom. The first-order valence-corrected chi connectivity index (χ1v) is 8.73. The largest absolute Gasteiger partial charge is 0.495 e. The van der Waals surface area contributed by atoms with Gasteiger partial charge in [-0.05, 0) is 36.0 Å². The number of hydrogen-bond donors (Lipinski definition) is 2. The number of aliphatic hydroxyl groups is 1. The zero-order valence-electron chi connectivity index (χ0n) is 12.5. The van der Waals surface area contributed by atoms with Crippen molar-refractivity contribution in [2.45, 2.75) is 37.7 Å². The summed E-state index contributed by atoms with van der Waals surface area (Å²) in [5, 5.41) is 9.11. The molecule has 6 heteroatoms. The summed E-state index contributed by atoms with van der Waals surface area (Å²) >= 11 is 0. The fraction of sp³-hybridized carbons (Fsp3) is 0.600. The number of ether oxygens (including phenoxy) is 1. The van der Waals surface area contributed by atoms with Crippen LogP contribution in [-0.4, -0.2) is 27.2 Å². The van der Waals surface area contributed by atoms with Crippen LogP contribution in [-0.2, 0) is 16.6 Å². The van der Waals surface area contributed by atoms with Gasteiger partial charge in [0.1, 0.15) is 10.6 Å². The summed E-state index contributed by atoms with van der Waals surface area (Å²) in [6.07, 6.45) is 3.41. The van der Waals surface area contributed by atoms with Crippen molar-refractivity contribution in [3.8, 4) is 5.75 Å². The normalized spacial score (nSPS) is 22.4. The summed E-state index contributed by atoms with van der Waals surface area (Å²) in [4.78, 5) is 0.118. The summed E-state index contributed by atoms with van der Waals surface area (Å²) in [6.45, 7) is 2.49. The SMILES string of the molecule is COc1cc(CO)ccc1S(=O)(=O)NCC1CCCC1C. The molecule has 118 valence electrons. The van der Waals surface area contributed by atoms with Crippen LogP contribution in [0.3, 0.4) is 0 Å². The second-order valence-corrected chi connectivity index (χ2v) is 7.40. The van der Waals surface area contributed by atoms with E-state index < -0.39 is 10.0 Å². The van der Waals surface area contributed by atoms with Crippen molar-refractivity contribution < 1.29 is 18.3 Å². The Balaban J connectivity index is 2.15. The third-order valence-corrected chi connectivity index (χ3v) is 5.74. The predicted octanol–water partition coefficient (Wildman–Crippen LogP) is 1.90. The van der Waals surface area contributed by atoms with E-state index in [4.69, 9.17) is 9.84 Å². The van der Waals surface area contributed by atoms with Gasteiger partial charge in [0, 0.05) is 6.54 Å². The lowest BCUT2D eigenvalue weighted by Gasteiger charge is -2.17. The maximum atomic E-state index is 12.4. The van der Waals surface area contributed by atoms with Gasteiger partial charge in [-0.3, -0.25) is 0 Å². The first kappa shape index (κ1) is 16.3. The molecule has 1 aliphatic rings. The summed E-state index contributed by atoms with van der Waals surface area (Å²) in [6, 6.07) is 4.62. The van der Waals surface area contributed by atoms with Crippen molar-refractivity contribution in [3.63, 3.8) is 0 Å². The average molecular weight is 313 g/mol. The molecule has 0 aromatic heterocycles. The lowest BCUT2D eigenvalue weighted by molar-refractivity contribution is 0.280. The molecule has 0 bridgehead atoms. The Morgan fingerprint density at radius 2 is 2.14 bits per heavy atom. The van der Waals surface area contributed by atoms with E-state index in [9.17, 15) is 8.42 Å². The van der Waals surface area contributed by atoms with Gasteiger partial charge in [0.15, 0.2) is 0 Å². The van der Waals surface area contributed by atoms with Crippen molar-refractivity contribution in [3.05, 3.63) is 23.8 Å². The van der Waals surface area contributed by atoms with Gasteiger partial charge < -0.3 is 9.84 Å². The van der Waals surface area contributed by atoms with Gasteiger partial charge in [0.2, 0.25) is 10.0 Å². The fourth-order valence-corrected chi connectivity index (χ4v) is 4.10. The minimum absolute atomic E-state index is 0.118. The van der Waals surface area contributed by atoms with Crippen molar-refractivity contribution in [2.24, 2.45) is 11.8 Å². The van der Waals surface area contributed by atoms with E-state index >= 15 is 0 Å². The van der Waals surface area contributed by atoms with Crippen molar-refractivity contribution in [2.75, 3.05) is 13.7 Å². The minimum atomic E-state index is -3.60. The molecule has 21 heavy (non-hydrogen) atoms. The van der Waals surface area contributed by atoms with Crippen LogP contribution in [0.25, 0.3) is 0 Å². The highest BCUT2D eigenvalue weighted by molar-refractivity contribution is 7.89. The monoisotopic (exact) mass is 313 g/mol. The van der Waals surface area contributed by atoms with E-state index in [0.717, 1.165) is 6.42 Å². The molecule has 0 saturated heterocycles. The third-order valence-electron chi connectivity index (χ3n) is 4.27. The highest BCUT2D eigenvalue weighted by Gasteiger charge is 2.26. The number of methoxy groups -OCH3 is 1. The molecule has 1 saturated carbocycles. The number of nitrogens with one attached hydrogen (secondary N) is 1.